The van der Waals surface area contributed by atoms with Crippen LogP contribution in [0, 0.1) is 11.6 Å². The Bertz CT molecular complexity index is 625. The maximum atomic E-state index is 13.8. The fourth-order valence-corrected chi connectivity index (χ4v) is 2.14. The summed E-state index contributed by atoms with van der Waals surface area (Å²) >= 11 is 0. The van der Waals surface area contributed by atoms with Gasteiger partial charge in [-0.05, 0) is 29.3 Å². The molecule has 0 saturated carbocycles. The standard InChI is InChI=1S/C14H11F2NO/c15-11-7-13(17)12(16)6-10(11)8-1-2-14-9(5-8)3-4-18-14/h1-2,5-7H,3-4,17H2. The molecule has 0 amide bonds. The monoisotopic (exact) mass is 247 g/mol. The minimum Gasteiger partial charge on any atom is -0.493 e. The lowest BCUT2D eigenvalue weighted by Crippen LogP contribution is -1.94. The molecule has 2 aromatic carbocycles. The Morgan fingerprint density at radius 3 is 2.72 bits per heavy atom. The van der Waals surface area contributed by atoms with Crippen LogP contribution in [0.3, 0.4) is 0 Å². The highest BCUT2D eigenvalue weighted by Gasteiger charge is 2.15. The first-order chi connectivity index (χ1) is 8.65. The van der Waals surface area contributed by atoms with Gasteiger partial charge in [0.25, 0.3) is 0 Å². The summed E-state index contributed by atoms with van der Waals surface area (Å²) in [7, 11) is 0. The number of hydrogen-bond donors (Lipinski definition) is 1. The van der Waals surface area contributed by atoms with E-state index in [0.717, 1.165) is 29.9 Å². The molecule has 0 aromatic heterocycles. The van der Waals surface area contributed by atoms with Crippen molar-refractivity contribution in [1.82, 2.24) is 0 Å². The molecule has 0 bridgehead atoms. The second kappa shape index (κ2) is 3.98. The Morgan fingerprint density at radius 1 is 1.06 bits per heavy atom. The first kappa shape index (κ1) is 11.0. The average Bonchev–Trinajstić information content (AvgIpc) is 2.80. The average molecular weight is 247 g/mol. The van der Waals surface area contributed by atoms with Crippen molar-refractivity contribution in [2.45, 2.75) is 6.42 Å². The van der Waals surface area contributed by atoms with Crippen molar-refractivity contribution < 1.29 is 13.5 Å². The van der Waals surface area contributed by atoms with Gasteiger partial charge in [-0.1, -0.05) is 6.07 Å². The van der Waals surface area contributed by atoms with Gasteiger partial charge in [-0.25, -0.2) is 8.78 Å². The van der Waals surface area contributed by atoms with Crippen LogP contribution in [0.2, 0.25) is 0 Å². The van der Waals surface area contributed by atoms with E-state index in [2.05, 4.69) is 0 Å². The first-order valence-corrected chi connectivity index (χ1v) is 5.66. The van der Waals surface area contributed by atoms with Gasteiger partial charge in [0.2, 0.25) is 0 Å². The maximum absolute atomic E-state index is 13.8. The molecule has 0 unspecified atom stereocenters. The van der Waals surface area contributed by atoms with E-state index in [1.807, 2.05) is 6.07 Å². The van der Waals surface area contributed by atoms with Gasteiger partial charge in [-0.15, -0.1) is 0 Å². The van der Waals surface area contributed by atoms with Gasteiger partial charge in [0.05, 0.1) is 12.3 Å². The van der Waals surface area contributed by atoms with E-state index in [9.17, 15) is 8.78 Å². The minimum absolute atomic E-state index is 0.180. The predicted molar refractivity (Wildman–Crippen MR) is 65.4 cm³/mol. The van der Waals surface area contributed by atoms with Crippen molar-refractivity contribution in [3.63, 3.8) is 0 Å². The third kappa shape index (κ3) is 1.70. The van der Waals surface area contributed by atoms with E-state index in [0.29, 0.717) is 12.2 Å². The molecule has 0 atom stereocenters. The van der Waals surface area contributed by atoms with Crippen LogP contribution in [-0.4, -0.2) is 6.61 Å². The molecule has 0 fully saturated rings. The van der Waals surface area contributed by atoms with E-state index >= 15 is 0 Å². The van der Waals surface area contributed by atoms with E-state index in [-0.39, 0.29) is 11.3 Å². The van der Waals surface area contributed by atoms with Gasteiger partial charge in [0.1, 0.15) is 17.4 Å². The second-order valence-corrected chi connectivity index (χ2v) is 4.27. The van der Waals surface area contributed by atoms with Crippen molar-refractivity contribution in [3.05, 3.63) is 47.5 Å². The normalized spacial score (nSPS) is 13.2. The van der Waals surface area contributed by atoms with Crippen molar-refractivity contribution in [3.8, 4) is 16.9 Å². The third-order valence-corrected chi connectivity index (χ3v) is 3.09. The van der Waals surface area contributed by atoms with Crippen LogP contribution in [0.5, 0.6) is 5.75 Å². The number of nitrogen functional groups attached to an aromatic ring is 1. The van der Waals surface area contributed by atoms with Crippen molar-refractivity contribution >= 4 is 5.69 Å². The van der Waals surface area contributed by atoms with Crippen LogP contribution in [0.15, 0.2) is 30.3 Å². The highest BCUT2D eigenvalue weighted by atomic mass is 19.1. The molecular formula is C14H11F2NO. The van der Waals surface area contributed by atoms with Crippen LogP contribution >= 0.6 is 0 Å². The van der Waals surface area contributed by atoms with E-state index < -0.39 is 11.6 Å². The van der Waals surface area contributed by atoms with E-state index in [1.54, 1.807) is 12.1 Å². The molecule has 3 rings (SSSR count). The lowest BCUT2D eigenvalue weighted by molar-refractivity contribution is 0.357. The molecule has 1 aliphatic heterocycles. The quantitative estimate of drug-likeness (QED) is 0.786. The minimum atomic E-state index is -0.608. The highest BCUT2D eigenvalue weighted by molar-refractivity contribution is 5.68. The molecule has 92 valence electrons. The fourth-order valence-electron chi connectivity index (χ4n) is 2.14. The largest absolute Gasteiger partial charge is 0.493 e. The Morgan fingerprint density at radius 2 is 1.89 bits per heavy atom. The molecule has 1 heterocycles. The number of rotatable bonds is 1. The van der Waals surface area contributed by atoms with Crippen LogP contribution < -0.4 is 10.5 Å². The summed E-state index contributed by atoms with van der Waals surface area (Å²) in [4.78, 5) is 0. The van der Waals surface area contributed by atoms with Gasteiger partial charge in [-0.2, -0.15) is 0 Å². The van der Waals surface area contributed by atoms with Crippen LogP contribution in [-0.2, 0) is 6.42 Å². The van der Waals surface area contributed by atoms with Crippen LogP contribution in [0.1, 0.15) is 5.56 Å². The third-order valence-electron chi connectivity index (χ3n) is 3.09. The molecule has 0 spiro atoms. The first-order valence-electron chi connectivity index (χ1n) is 5.66. The molecule has 18 heavy (non-hydrogen) atoms. The van der Waals surface area contributed by atoms with Crippen molar-refractivity contribution in [1.29, 1.82) is 0 Å². The number of fused-ring (bicyclic) bond motifs is 1. The van der Waals surface area contributed by atoms with Gasteiger partial charge in [-0.3, -0.25) is 0 Å². The van der Waals surface area contributed by atoms with Gasteiger partial charge in [0.15, 0.2) is 0 Å². The number of halogens is 2. The Balaban J connectivity index is 2.12. The summed E-state index contributed by atoms with van der Waals surface area (Å²) in [5, 5.41) is 0. The zero-order valence-electron chi connectivity index (χ0n) is 9.54. The SMILES string of the molecule is Nc1cc(F)c(-c2ccc3c(c2)CCO3)cc1F. The summed E-state index contributed by atoms with van der Waals surface area (Å²) in [6, 6.07) is 7.47. The summed E-state index contributed by atoms with van der Waals surface area (Å²) in [6.07, 6.45) is 0.794. The van der Waals surface area contributed by atoms with Crippen LogP contribution in [0.25, 0.3) is 11.1 Å². The van der Waals surface area contributed by atoms with Gasteiger partial charge < -0.3 is 10.5 Å². The lowest BCUT2D eigenvalue weighted by atomic mass is 10.0. The fraction of sp³-hybridized carbons (Fsp3) is 0.143. The predicted octanol–water partition coefficient (Wildman–Crippen LogP) is 3.15. The molecule has 0 radical (unpaired) electrons. The maximum Gasteiger partial charge on any atom is 0.146 e. The second-order valence-electron chi connectivity index (χ2n) is 4.27. The number of benzene rings is 2. The van der Waals surface area contributed by atoms with Crippen molar-refractivity contribution in [2.24, 2.45) is 0 Å². The van der Waals surface area contributed by atoms with Gasteiger partial charge in [0, 0.05) is 18.1 Å². The van der Waals surface area contributed by atoms with Gasteiger partial charge >= 0.3 is 0 Å². The Labute approximate surface area is 103 Å². The van der Waals surface area contributed by atoms with Crippen LogP contribution in [0.4, 0.5) is 14.5 Å². The zero-order valence-corrected chi connectivity index (χ0v) is 9.54. The molecule has 2 nitrogen and oxygen atoms in total. The molecule has 2 N–H and O–H groups in total. The lowest BCUT2D eigenvalue weighted by Gasteiger charge is -2.07. The smallest absolute Gasteiger partial charge is 0.146 e. The van der Waals surface area contributed by atoms with E-state index in [1.165, 1.54) is 0 Å². The molecule has 0 aliphatic carbocycles. The number of nitrogens with two attached hydrogens (primary N) is 1. The summed E-state index contributed by atoms with van der Waals surface area (Å²) in [5.74, 6) is -0.314. The Hall–Kier alpha value is -2.10. The number of anilines is 1. The topological polar surface area (TPSA) is 35.2 Å². The zero-order chi connectivity index (χ0) is 12.7. The summed E-state index contributed by atoms with van der Waals surface area (Å²) in [5.41, 5.74) is 7.01. The Kier molecular flexibility index (Phi) is 2.44. The number of ether oxygens (including phenoxy) is 1. The number of hydrogen-bond acceptors (Lipinski definition) is 2. The molecule has 0 saturated heterocycles. The molecule has 1 aliphatic rings. The van der Waals surface area contributed by atoms with Crippen molar-refractivity contribution in [2.75, 3.05) is 12.3 Å². The summed E-state index contributed by atoms with van der Waals surface area (Å²) in [6.45, 7) is 0.636. The van der Waals surface area contributed by atoms with E-state index in [4.69, 9.17) is 10.5 Å². The highest BCUT2D eigenvalue weighted by Crippen LogP contribution is 2.32. The molecular weight excluding hydrogens is 236 g/mol. The molecule has 4 heteroatoms. The summed E-state index contributed by atoms with van der Waals surface area (Å²) < 4.78 is 32.6. The molecule has 2 aromatic rings.